The molecule has 3 nitrogen and oxygen atoms in total. The highest BCUT2D eigenvalue weighted by atomic mass is 19.4. The third-order valence-electron chi connectivity index (χ3n) is 2.24. The first-order valence-corrected chi connectivity index (χ1v) is 3.54. The van der Waals surface area contributed by atoms with Crippen LogP contribution in [0.4, 0.5) is 13.2 Å². The molecule has 1 heterocycles. The second-order valence-corrected chi connectivity index (χ2v) is 3.43. The molecule has 2 unspecified atom stereocenters. The van der Waals surface area contributed by atoms with Gasteiger partial charge in [-0.3, -0.25) is 0 Å². The Labute approximate surface area is 67.9 Å². The predicted molar refractivity (Wildman–Crippen MR) is 35.2 cm³/mol. The van der Waals surface area contributed by atoms with E-state index in [2.05, 4.69) is 0 Å². The lowest BCUT2D eigenvalue weighted by Crippen LogP contribution is -2.37. The van der Waals surface area contributed by atoms with Crippen LogP contribution in [0.3, 0.4) is 0 Å². The summed E-state index contributed by atoms with van der Waals surface area (Å²) in [5.41, 5.74) is 3.35. The van der Waals surface area contributed by atoms with Gasteiger partial charge < -0.3 is 10.9 Å². The van der Waals surface area contributed by atoms with Crippen molar-refractivity contribution in [1.29, 1.82) is 0 Å². The van der Waals surface area contributed by atoms with Crippen LogP contribution >= 0.6 is 0 Å². The molecule has 0 aromatic carbocycles. The summed E-state index contributed by atoms with van der Waals surface area (Å²) >= 11 is 0. The second kappa shape index (κ2) is 2.58. The molecule has 12 heavy (non-hydrogen) atoms. The van der Waals surface area contributed by atoms with E-state index < -0.39 is 24.3 Å². The van der Waals surface area contributed by atoms with Crippen LogP contribution in [0.25, 0.3) is 0 Å². The number of hydrogen-bond donors (Lipinski definition) is 2. The molecule has 0 aliphatic carbocycles. The molecule has 0 bridgehead atoms. The lowest BCUT2D eigenvalue weighted by molar-refractivity contribution is -0.221. The van der Waals surface area contributed by atoms with Gasteiger partial charge in [-0.2, -0.15) is 18.2 Å². The number of nitrogens with zero attached hydrogens (tertiary/aromatic N) is 1. The quantitative estimate of drug-likeness (QED) is 0.589. The van der Waals surface area contributed by atoms with Gasteiger partial charge in [0.25, 0.3) is 0 Å². The molecular weight excluding hydrogens is 173 g/mol. The summed E-state index contributed by atoms with van der Waals surface area (Å²) in [4.78, 5) is 0. The number of alkyl halides is 3. The number of hydroxylamine groups is 2. The second-order valence-electron chi connectivity index (χ2n) is 3.43. The third-order valence-corrected chi connectivity index (χ3v) is 2.24. The average Bonchev–Trinajstić information content (AvgIpc) is 2.06. The number of halogens is 3. The van der Waals surface area contributed by atoms with E-state index in [-0.39, 0.29) is 6.42 Å². The molecule has 1 aliphatic rings. The zero-order valence-corrected chi connectivity index (χ0v) is 6.60. The Hall–Kier alpha value is -0.330. The van der Waals surface area contributed by atoms with Gasteiger partial charge in [-0.05, 0) is 13.3 Å². The normalized spacial score (nSPS) is 39.0. The minimum absolute atomic E-state index is 0.257. The molecule has 0 radical (unpaired) electrons. The van der Waals surface area contributed by atoms with Crippen LogP contribution in [-0.2, 0) is 0 Å². The topological polar surface area (TPSA) is 49.5 Å². The fourth-order valence-corrected chi connectivity index (χ4v) is 1.31. The molecular formula is C6H11F3N2O. The van der Waals surface area contributed by atoms with Crippen molar-refractivity contribution >= 4 is 0 Å². The smallest absolute Gasteiger partial charge is 0.314 e. The first-order chi connectivity index (χ1) is 5.26. The zero-order valence-electron chi connectivity index (χ0n) is 6.60. The summed E-state index contributed by atoms with van der Waals surface area (Å²) in [5, 5.41) is 9.44. The molecule has 1 fully saturated rings. The Kier molecular flexibility index (Phi) is 2.10. The van der Waals surface area contributed by atoms with E-state index in [9.17, 15) is 13.2 Å². The van der Waals surface area contributed by atoms with Crippen molar-refractivity contribution in [3.63, 3.8) is 0 Å². The van der Waals surface area contributed by atoms with Crippen molar-refractivity contribution in [2.24, 2.45) is 11.1 Å². The van der Waals surface area contributed by atoms with Gasteiger partial charge in [-0.15, -0.1) is 0 Å². The Morgan fingerprint density at radius 3 is 2.25 bits per heavy atom. The lowest BCUT2D eigenvalue weighted by atomic mass is 9.88. The number of rotatable bonds is 0. The van der Waals surface area contributed by atoms with Gasteiger partial charge in [-0.25, -0.2) is 0 Å². The highest BCUT2D eigenvalue weighted by Gasteiger charge is 2.56. The Balaban J connectivity index is 2.77. The fraction of sp³-hybridized carbons (Fsp3) is 1.00. The van der Waals surface area contributed by atoms with Crippen molar-refractivity contribution in [1.82, 2.24) is 5.06 Å². The highest BCUT2D eigenvalue weighted by molar-refractivity contribution is 4.92. The summed E-state index contributed by atoms with van der Waals surface area (Å²) in [6, 6.07) is 0. The van der Waals surface area contributed by atoms with Gasteiger partial charge in [0.1, 0.15) is 0 Å². The molecule has 6 heteroatoms. The maximum absolute atomic E-state index is 12.3. The summed E-state index contributed by atoms with van der Waals surface area (Å²) in [7, 11) is 0. The molecule has 0 amide bonds. The van der Waals surface area contributed by atoms with Crippen LogP contribution in [0.1, 0.15) is 13.3 Å². The summed E-state index contributed by atoms with van der Waals surface area (Å²) < 4.78 is 36.9. The standard InChI is InChI=1S/C6H11F3N2O/c1-5(6(7,8)9)2-4(10)11(12)3-5/h4,12H,2-3,10H2,1H3. The van der Waals surface area contributed by atoms with Crippen LogP contribution in [0, 0.1) is 5.41 Å². The Morgan fingerprint density at radius 2 is 2.08 bits per heavy atom. The van der Waals surface area contributed by atoms with Gasteiger partial charge in [0.15, 0.2) is 0 Å². The number of nitrogens with two attached hydrogens (primary N) is 1. The molecule has 72 valence electrons. The summed E-state index contributed by atoms with van der Waals surface area (Å²) in [6.07, 6.45) is -5.47. The lowest BCUT2D eigenvalue weighted by Gasteiger charge is -2.25. The molecule has 0 aromatic heterocycles. The molecule has 1 rings (SSSR count). The van der Waals surface area contributed by atoms with Crippen LogP contribution in [0.5, 0.6) is 0 Å². The zero-order chi connectivity index (χ0) is 9.57. The van der Waals surface area contributed by atoms with Crippen molar-refractivity contribution in [2.75, 3.05) is 6.54 Å². The molecule has 2 atom stereocenters. The average molecular weight is 184 g/mol. The van der Waals surface area contributed by atoms with Crippen molar-refractivity contribution in [2.45, 2.75) is 25.7 Å². The molecule has 0 aromatic rings. The van der Waals surface area contributed by atoms with Crippen molar-refractivity contribution in [3.05, 3.63) is 0 Å². The van der Waals surface area contributed by atoms with Gasteiger partial charge >= 0.3 is 6.18 Å². The predicted octanol–water partition coefficient (Wildman–Crippen LogP) is 0.935. The molecule has 1 aliphatic heterocycles. The van der Waals surface area contributed by atoms with E-state index >= 15 is 0 Å². The monoisotopic (exact) mass is 184 g/mol. The highest BCUT2D eigenvalue weighted by Crippen LogP contribution is 2.45. The van der Waals surface area contributed by atoms with Gasteiger partial charge in [0.05, 0.1) is 11.6 Å². The number of hydrogen-bond acceptors (Lipinski definition) is 3. The van der Waals surface area contributed by atoms with Gasteiger partial charge in [0, 0.05) is 6.54 Å². The largest absolute Gasteiger partial charge is 0.395 e. The maximum atomic E-state index is 12.3. The molecule has 1 saturated heterocycles. The summed E-state index contributed by atoms with van der Waals surface area (Å²) in [6.45, 7) is 0.612. The van der Waals surface area contributed by atoms with Crippen LogP contribution in [-0.4, -0.2) is 29.2 Å². The van der Waals surface area contributed by atoms with E-state index in [0.29, 0.717) is 5.06 Å². The SMILES string of the molecule is CC1(C(F)(F)F)CC(N)N(O)C1. The van der Waals surface area contributed by atoms with Crippen molar-refractivity contribution in [3.8, 4) is 0 Å². The Bertz CT molecular complexity index is 172. The minimum atomic E-state index is -4.30. The molecule has 0 saturated carbocycles. The fourth-order valence-electron chi connectivity index (χ4n) is 1.31. The first-order valence-electron chi connectivity index (χ1n) is 3.54. The van der Waals surface area contributed by atoms with E-state index in [0.717, 1.165) is 6.92 Å². The Morgan fingerprint density at radius 1 is 1.58 bits per heavy atom. The minimum Gasteiger partial charge on any atom is -0.314 e. The summed E-state index contributed by atoms with van der Waals surface area (Å²) in [5.74, 6) is 0. The van der Waals surface area contributed by atoms with E-state index in [1.807, 2.05) is 0 Å². The van der Waals surface area contributed by atoms with Crippen LogP contribution in [0.15, 0.2) is 0 Å². The maximum Gasteiger partial charge on any atom is 0.395 e. The van der Waals surface area contributed by atoms with Crippen molar-refractivity contribution < 1.29 is 18.4 Å². The molecule has 0 spiro atoms. The van der Waals surface area contributed by atoms with Crippen LogP contribution in [0.2, 0.25) is 0 Å². The van der Waals surface area contributed by atoms with E-state index in [1.165, 1.54) is 0 Å². The third kappa shape index (κ3) is 1.41. The van der Waals surface area contributed by atoms with E-state index in [1.54, 1.807) is 0 Å². The molecule has 3 N–H and O–H groups in total. The first kappa shape index (κ1) is 9.76. The van der Waals surface area contributed by atoms with E-state index in [4.69, 9.17) is 10.9 Å². The van der Waals surface area contributed by atoms with Gasteiger partial charge in [-0.1, -0.05) is 0 Å². The van der Waals surface area contributed by atoms with Crippen LogP contribution < -0.4 is 5.73 Å². The van der Waals surface area contributed by atoms with Gasteiger partial charge in [0.2, 0.25) is 0 Å².